The second-order valence-electron chi connectivity index (χ2n) is 5.09. The number of rotatable bonds is 5. The van der Waals surface area contributed by atoms with Crippen molar-refractivity contribution in [2.24, 2.45) is 0 Å². The summed E-state index contributed by atoms with van der Waals surface area (Å²) >= 11 is 1.67. The second kappa shape index (κ2) is 5.75. The first-order chi connectivity index (χ1) is 9.75. The van der Waals surface area contributed by atoms with Crippen LogP contribution < -0.4 is 4.90 Å². The van der Waals surface area contributed by atoms with E-state index in [-0.39, 0.29) is 0 Å². The summed E-state index contributed by atoms with van der Waals surface area (Å²) in [5, 5.41) is 2.04. The molecule has 0 unspecified atom stereocenters. The molecule has 2 aromatic heterocycles. The van der Waals surface area contributed by atoms with Crippen molar-refractivity contribution >= 4 is 33.3 Å². The molecule has 3 heterocycles. The summed E-state index contributed by atoms with van der Waals surface area (Å²) in [6.07, 6.45) is 4.32. The Labute approximate surface area is 122 Å². The zero-order valence-corrected chi connectivity index (χ0v) is 12.4. The van der Waals surface area contributed by atoms with Crippen LogP contribution in [0.5, 0.6) is 0 Å². The molecule has 106 valence electrons. The van der Waals surface area contributed by atoms with Gasteiger partial charge in [-0.15, -0.1) is 11.3 Å². The number of aromatic nitrogens is 2. The van der Waals surface area contributed by atoms with Gasteiger partial charge in [-0.1, -0.05) is 0 Å². The van der Waals surface area contributed by atoms with E-state index in [0.29, 0.717) is 5.91 Å². The number of fused-ring (bicyclic) bond motifs is 1. The molecule has 0 saturated carbocycles. The van der Waals surface area contributed by atoms with Crippen molar-refractivity contribution in [1.29, 1.82) is 0 Å². The number of anilines is 1. The first kappa shape index (κ1) is 13.3. The van der Waals surface area contributed by atoms with Crippen molar-refractivity contribution in [3.05, 3.63) is 17.8 Å². The fourth-order valence-corrected chi connectivity index (χ4v) is 3.48. The maximum atomic E-state index is 11.6. The number of hydrogen-bond acceptors (Lipinski definition) is 5. The van der Waals surface area contributed by atoms with Crippen LogP contribution in [0.3, 0.4) is 0 Å². The lowest BCUT2D eigenvalue weighted by Crippen LogP contribution is -2.29. The molecule has 0 spiro atoms. The van der Waals surface area contributed by atoms with Gasteiger partial charge in [0.25, 0.3) is 0 Å². The highest BCUT2D eigenvalue weighted by Gasteiger charge is 2.19. The Balaban J connectivity index is 1.60. The van der Waals surface area contributed by atoms with Crippen LogP contribution in [-0.4, -0.2) is 47.5 Å². The first-order valence-corrected chi connectivity index (χ1v) is 7.81. The molecule has 0 atom stereocenters. The zero-order chi connectivity index (χ0) is 13.9. The van der Waals surface area contributed by atoms with Gasteiger partial charge in [0.15, 0.2) is 0 Å². The van der Waals surface area contributed by atoms with Crippen LogP contribution >= 0.6 is 11.3 Å². The Morgan fingerprint density at radius 2 is 2.35 bits per heavy atom. The van der Waals surface area contributed by atoms with Gasteiger partial charge in [-0.2, -0.15) is 0 Å². The van der Waals surface area contributed by atoms with Gasteiger partial charge in [-0.3, -0.25) is 4.79 Å². The van der Waals surface area contributed by atoms with Gasteiger partial charge in [0.05, 0.1) is 10.2 Å². The molecular formula is C14H18N4OS. The van der Waals surface area contributed by atoms with Gasteiger partial charge < -0.3 is 9.80 Å². The van der Waals surface area contributed by atoms with Crippen LogP contribution in [0.15, 0.2) is 17.8 Å². The maximum Gasteiger partial charge on any atom is 0.222 e. The molecule has 1 aliphatic rings. The second-order valence-corrected chi connectivity index (χ2v) is 6.01. The molecule has 0 bridgehead atoms. The molecule has 3 rings (SSSR count). The zero-order valence-electron chi connectivity index (χ0n) is 11.6. The molecule has 0 N–H and O–H groups in total. The predicted molar refractivity (Wildman–Crippen MR) is 81.1 cm³/mol. The Morgan fingerprint density at radius 3 is 3.15 bits per heavy atom. The summed E-state index contributed by atoms with van der Waals surface area (Å²) in [5.74, 6) is 1.29. The molecule has 6 heteroatoms. The van der Waals surface area contributed by atoms with Crippen LogP contribution in [0.4, 0.5) is 5.82 Å². The molecule has 0 radical (unpaired) electrons. The largest absolute Gasteiger partial charge is 0.358 e. The van der Waals surface area contributed by atoms with E-state index in [1.54, 1.807) is 17.7 Å². The van der Waals surface area contributed by atoms with E-state index in [9.17, 15) is 4.79 Å². The van der Waals surface area contributed by atoms with E-state index in [1.807, 2.05) is 23.4 Å². The van der Waals surface area contributed by atoms with Crippen molar-refractivity contribution in [2.75, 3.05) is 31.6 Å². The first-order valence-electron chi connectivity index (χ1n) is 6.93. The number of likely N-dealkylation sites (tertiary alicyclic amines) is 1. The SMILES string of the molecule is CN(CCCN1CCCC1=O)c1ncnc2ccsc12. The predicted octanol–water partition coefficient (Wildman–Crippen LogP) is 2.14. The minimum atomic E-state index is 0.301. The van der Waals surface area contributed by atoms with Crippen molar-refractivity contribution in [3.63, 3.8) is 0 Å². The summed E-state index contributed by atoms with van der Waals surface area (Å²) in [6.45, 7) is 2.67. The molecule has 1 aliphatic heterocycles. The highest BCUT2D eigenvalue weighted by atomic mass is 32.1. The Hall–Kier alpha value is -1.69. The summed E-state index contributed by atoms with van der Waals surface area (Å²) in [7, 11) is 2.05. The van der Waals surface area contributed by atoms with Gasteiger partial charge in [0.1, 0.15) is 12.1 Å². The van der Waals surface area contributed by atoms with Crippen molar-refractivity contribution in [3.8, 4) is 0 Å². The van der Waals surface area contributed by atoms with Crippen LogP contribution in [0.2, 0.25) is 0 Å². The van der Waals surface area contributed by atoms with E-state index in [1.165, 1.54) is 0 Å². The third-order valence-electron chi connectivity index (χ3n) is 3.68. The monoisotopic (exact) mass is 290 g/mol. The van der Waals surface area contributed by atoms with Gasteiger partial charge in [-0.05, 0) is 24.3 Å². The topological polar surface area (TPSA) is 49.3 Å². The van der Waals surface area contributed by atoms with E-state index >= 15 is 0 Å². The Morgan fingerprint density at radius 1 is 1.45 bits per heavy atom. The molecule has 2 aromatic rings. The number of thiophene rings is 1. The van der Waals surface area contributed by atoms with Crippen molar-refractivity contribution in [1.82, 2.24) is 14.9 Å². The number of hydrogen-bond donors (Lipinski definition) is 0. The van der Waals surface area contributed by atoms with E-state index in [0.717, 1.165) is 54.9 Å². The fourth-order valence-electron chi connectivity index (χ4n) is 2.59. The highest BCUT2D eigenvalue weighted by Crippen LogP contribution is 2.27. The number of nitrogens with zero attached hydrogens (tertiary/aromatic N) is 4. The molecule has 1 saturated heterocycles. The molecule has 20 heavy (non-hydrogen) atoms. The van der Waals surface area contributed by atoms with Gasteiger partial charge >= 0.3 is 0 Å². The minimum absolute atomic E-state index is 0.301. The Bertz CT molecular complexity index is 612. The number of carbonyl (C=O) groups is 1. The van der Waals surface area contributed by atoms with Crippen molar-refractivity contribution in [2.45, 2.75) is 19.3 Å². The molecule has 1 amide bonds. The molecule has 0 aliphatic carbocycles. The lowest BCUT2D eigenvalue weighted by atomic mass is 10.3. The van der Waals surface area contributed by atoms with Gasteiger partial charge in [0, 0.05) is 33.1 Å². The standard InChI is InChI=1S/C14H18N4OS/c1-17(6-3-8-18-7-2-4-12(18)19)14-13-11(5-9-20-13)15-10-16-14/h5,9-10H,2-4,6-8H2,1H3. The van der Waals surface area contributed by atoms with E-state index < -0.39 is 0 Å². The van der Waals surface area contributed by atoms with Crippen LogP contribution in [0.25, 0.3) is 10.2 Å². The lowest BCUT2D eigenvalue weighted by Gasteiger charge is -2.21. The maximum absolute atomic E-state index is 11.6. The molecule has 0 aromatic carbocycles. The number of carbonyl (C=O) groups excluding carboxylic acids is 1. The molecular weight excluding hydrogens is 272 g/mol. The van der Waals surface area contributed by atoms with Crippen LogP contribution in [0.1, 0.15) is 19.3 Å². The van der Waals surface area contributed by atoms with Gasteiger partial charge in [-0.25, -0.2) is 9.97 Å². The van der Waals surface area contributed by atoms with E-state index in [4.69, 9.17) is 0 Å². The molecule has 1 fully saturated rings. The Kier molecular flexibility index (Phi) is 3.82. The summed E-state index contributed by atoms with van der Waals surface area (Å²) in [6, 6.07) is 2.02. The smallest absolute Gasteiger partial charge is 0.222 e. The summed E-state index contributed by atoms with van der Waals surface area (Å²) < 4.78 is 1.13. The number of amides is 1. The fraction of sp³-hybridized carbons (Fsp3) is 0.500. The average molecular weight is 290 g/mol. The lowest BCUT2D eigenvalue weighted by molar-refractivity contribution is -0.127. The molecule has 5 nitrogen and oxygen atoms in total. The summed E-state index contributed by atoms with van der Waals surface area (Å²) in [5.41, 5.74) is 1.00. The summed E-state index contributed by atoms with van der Waals surface area (Å²) in [4.78, 5) is 24.3. The van der Waals surface area contributed by atoms with E-state index in [2.05, 4.69) is 14.9 Å². The van der Waals surface area contributed by atoms with Crippen molar-refractivity contribution < 1.29 is 4.79 Å². The quantitative estimate of drug-likeness (QED) is 0.846. The van der Waals surface area contributed by atoms with Gasteiger partial charge in [0.2, 0.25) is 5.91 Å². The minimum Gasteiger partial charge on any atom is -0.358 e. The third-order valence-corrected chi connectivity index (χ3v) is 4.58. The van der Waals surface area contributed by atoms with Crippen LogP contribution in [0, 0.1) is 0 Å². The van der Waals surface area contributed by atoms with Crippen LogP contribution in [-0.2, 0) is 4.79 Å². The normalized spacial score (nSPS) is 15.2. The average Bonchev–Trinajstić information content (AvgIpc) is 3.07. The third kappa shape index (κ3) is 2.60. The highest BCUT2D eigenvalue weighted by molar-refractivity contribution is 7.17.